The lowest BCUT2D eigenvalue weighted by molar-refractivity contribution is -0.118. The molecule has 1 aromatic heterocycles. The molecule has 0 saturated carbocycles. The number of hydrogen-bond acceptors (Lipinski definition) is 3. The fraction of sp³-hybridized carbons (Fsp3) is 0.312. The number of carbonyl (C=O) groups is 2. The van der Waals surface area contributed by atoms with E-state index < -0.39 is 6.04 Å². The van der Waals surface area contributed by atoms with Crippen LogP contribution in [0.1, 0.15) is 22.3 Å². The molecular weight excluding hydrogens is 299 g/mol. The van der Waals surface area contributed by atoms with Crippen molar-refractivity contribution in [3.8, 4) is 0 Å². The Morgan fingerprint density at radius 2 is 2.22 bits per heavy atom. The lowest BCUT2D eigenvalue weighted by Gasteiger charge is -2.15. The molecule has 2 aromatic rings. The highest BCUT2D eigenvalue weighted by Crippen LogP contribution is 2.21. The molecule has 6 nitrogen and oxygen atoms in total. The summed E-state index contributed by atoms with van der Waals surface area (Å²) in [4.78, 5) is 26.3. The van der Waals surface area contributed by atoms with E-state index in [1.165, 1.54) is 18.2 Å². The minimum Gasteiger partial charge on any atom is -0.340 e. The first-order valence-corrected chi connectivity index (χ1v) is 7.33. The first-order chi connectivity index (χ1) is 11.0. The average Bonchev–Trinajstić information content (AvgIpc) is 3.09. The molecule has 1 fully saturated rings. The minimum atomic E-state index is -0.576. The van der Waals surface area contributed by atoms with Gasteiger partial charge in [-0.25, -0.2) is 4.39 Å². The van der Waals surface area contributed by atoms with Crippen molar-refractivity contribution in [1.29, 1.82) is 0 Å². The van der Waals surface area contributed by atoms with Crippen LogP contribution in [0.25, 0.3) is 0 Å². The summed E-state index contributed by atoms with van der Waals surface area (Å²) in [5.41, 5.74) is 1.45. The highest BCUT2D eigenvalue weighted by molar-refractivity contribution is 6.03. The van der Waals surface area contributed by atoms with Crippen LogP contribution in [-0.2, 0) is 11.8 Å². The van der Waals surface area contributed by atoms with Gasteiger partial charge in [0.1, 0.15) is 11.9 Å². The number of aromatic nitrogens is 2. The molecule has 7 heteroatoms. The van der Waals surface area contributed by atoms with Crippen molar-refractivity contribution in [1.82, 2.24) is 15.1 Å². The second-order valence-electron chi connectivity index (χ2n) is 5.64. The Morgan fingerprint density at radius 3 is 2.87 bits per heavy atom. The maximum Gasteiger partial charge on any atom is 0.251 e. The topological polar surface area (TPSA) is 67.2 Å². The van der Waals surface area contributed by atoms with E-state index in [0.29, 0.717) is 29.8 Å². The molecule has 2 heterocycles. The fourth-order valence-electron chi connectivity index (χ4n) is 2.65. The molecular formula is C16H17FN4O2. The summed E-state index contributed by atoms with van der Waals surface area (Å²) < 4.78 is 14.9. The number of nitrogens with zero attached hydrogens (tertiary/aromatic N) is 3. The summed E-state index contributed by atoms with van der Waals surface area (Å²) in [6.45, 7) is 2.12. The van der Waals surface area contributed by atoms with Gasteiger partial charge in [-0.2, -0.15) is 5.10 Å². The molecule has 1 aromatic carbocycles. The van der Waals surface area contributed by atoms with Gasteiger partial charge in [-0.05, 0) is 37.1 Å². The summed E-state index contributed by atoms with van der Waals surface area (Å²) in [7, 11) is 1.78. The summed E-state index contributed by atoms with van der Waals surface area (Å²) in [5, 5.41) is 6.77. The Balaban J connectivity index is 1.70. The Hall–Kier alpha value is -2.70. The number of carbonyl (C=O) groups excluding carboxylic acids is 2. The van der Waals surface area contributed by atoms with E-state index in [0.717, 1.165) is 0 Å². The van der Waals surface area contributed by atoms with Crippen molar-refractivity contribution in [3.63, 3.8) is 0 Å². The molecule has 1 aliphatic heterocycles. The van der Waals surface area contributed by atoms with Gasteiger partial charge in [-0.1, -0.05) is 0 Å². The predicted molar refractivity (Wildman–Crippen MR) is 82.6 cm³/mol. The first-order valence-electron chi connectivity index (χ1n) is 7.33. The maximum absolute atomic E-state index is 13.3. The van der Waals surface area contributed by atoms with E-state index in [9.17, 15) is 14.0 Å². The third kappa shape index (κ3) is 2.94. The average molecular weight is 316 g/mol. The number of nitrogens with one attached hydrogen (secondary N) is 1. The molecule has 0 radical (unpaired) electrons. The third-order valence-electron chi connectivity index (χ3n) is 3.93. The highest BCUT2D eigenvalue weighted by Gasteiger charge is 2.34. The molecule has 1 N–H and O–H groups in total. The van der Waals surface area contributed by atoms with Crippen LogP contribution in [-0.4, -0.2) is 34.2 Å². The van der Waals surface area contributed by atoms with Crippen molar-refractivity contribution in [3.05, 3.63) is 47.5 Å². The van der Waals surface area contributed by atoms with Crippen molar-refractivity contribution in [2.75, 3.05) is 11.4 Å². The van der Waals surface area contributed by atoms with Crippen LogP contribution in [0.5, 0.6) is 0 Å². The van der Waals surface area contributed by atoms with Gasteiger partial charge in [0.2, 0.25) is 5.91 Å². The number of halogens is 1. The Morgan fingerprint density at radius 1 is 1.43 bits per heavy atom. The summed E-state index contributed by atoms with van der Waals surface area (Å²) >= 11 is 0. The van der Waals surface area contributed by atoms with E-state index >= 15 is 0 Å². The molecule has 120 valence electrons. The van der Waals surface area contributed by atoms with E-state index in [2.05, 4.69) is 10.4 Å². The molecule has 3 rings (SSSR count). The minimum absolute atomic E-state index is 0.162. The standard InChI is InChI=1S/C16H17FN4O2/c1-10-7-11(3-4-13(10)17)15(22)19-14-5-6-21(16(14)23)12-8-18-20(2)9-12/h3-4,7-9,14H,5-6H2,1-2H3,(H,19,22)/t14-/m1/s1. The zero-order valence-electron chi connectivity index (χ0n) is 12.9. The monoisotopic (exact) mass is 316 g/mol. The first kappa shape index (κ1) is 15.2. The lowest BCUT2D eigenvalue weighted by atomic mass is 10.1. The fourth-order valence-corrected chi connectivity index (χ4v) is 2.65. The van der Waals surface area contributed by atoms with E-state index in [4.69, 9.17) is 0 Å². The second-order valence-corrected chi connectivity index (χ2v) is 5.64. The molecule has 0 aliphatic carbocycles. The van der Waals surface area contributed by atoms with Gasteiger partial charge in [0.05, 0.1) is 11.9 Å². The predicted octanol–water partition coefficient (Wildman–Crippen LogP) is 1.40. The van der Waals surface area contributed by atoms with Gasteiger partial charge in [-0.15, -0.1) is 0 Å². The van der Waals surface area contributed by atoms with Gasteiger partial charge in [-0.3, -0.25) is 14.3 Å². The number of hydrogen-bond donors (Lipinski definition) is 1. The summed E-state index contributed by atoms with van der Waals surface area (Å²) in [6, 6.07) is 3.56. The summed E-state index contributed by atoms with van der Waals surface area (Å²) in [6.07, 6.45) is 3.90. The lowest BCUT2D eigenvalue weighted by Crippen LogP contribution is -2.41. The molecule has 0 unspecified atom stereocenters. The second kappa shape index (κ2) is 5.83. The molecule has 2 amide bonds. The van der Waals surface area contributed by atoms with Gasteiger partial charge in [0.25, 0.3) is 5.91 Å². The molecule has 0 spiro atoms. The maximum atomic E-state index is 13.3. The number of amides is 2. The van der Waals surface area contributed by atoms with Crippen molar-refractivity contribution in [2.45, 2.75) is 19.4 Å². The molecule has 1 atom stereocenters. The van der Waals surface area contributed by atoms with Crippen molar-refractivity contribution < 1.29 is 14.0 Å². The molecule has 23 heavy (non-hydrogen) atoms. The summed E-state index contributed by atoms with van der Waals surface area (Å²) in [5.74, 6) is -0.897. The largest absolute Gasteiger partial charge is 0.340 e. The molecule has 0 bridgehead atoms. The third-order valence-corrected chi connectivity index (χ3v) is 3.93. The Kier molecular flexibility index (Phi) is 3.85. The van der Waals surface area contributed by atoms with Crippen molar-refractivity contribution >= 4 is 17.5 Å². The van der Waals surface area contributed by atoms with Crippen LogP contribution in [0.3, 0.4) is 0 Å². The zero-order chi connectivity index (χ0) is 16.6. The Labute approximate surface area is 132 Å². The van der Waals surface area contributed by atoms with E-state index in [1.807, 2.05) is 0 Å². The van der Waals surface area contributed by atoms with Gasteiger partial charge < -0.3 is 10.2 Å². The van der Waals surface area contributed by atoms with E-state index in [1.54, 1.807) is 35.9 Å². The van der Waals surface area contributed by atoms with Crippen LogP contribution in [0.4, 0.5) is 10.1 Å². The molecule has 1 aliphatic rings. The Bertz CT molecular complexity index is 771. The SMILES string of the molecule is Cc1cc(C(=O)N[C@@H]2CCN(c3cnn(C)c3)C2=O)ccc1F. The molecule has 1 saturated heterocycles. The number of benzene rings is 1. The number of rotatable bonds is 3. The van der Waals surface area contributed by atoms with Crippen LogP contribution in [0, 0.1) is 12.7 Å². The highest BCUT2D eigenvalue weighted by atomic mass is 19.1. The van der Waals surface area contributed by atoms with Gasteiger partial charge in [0, 0.05) is 25.4 Å². The van der Waals surface area contributed by atoms with Gasteiger partial charge >= 0.3 is 0 Å². The van der Waals surface area contributed by atoms with Crippen molar-refractivity contribution in [2.24, 2.45) is 7.05 Å². The normalized spacial score (nSPS) is 17.6. The van der Waals surface area contributed by atoms with Crippen LogP contribution in [0.2, 0.25) is 0 Å². The van der Waals surface area contributed by atoms with Gasteiger partial charge in [0.15, 0.2) is 0 Å². The van der Waals surface area contributed by atoms with Crippen LogP contribution < -0.4 is 10.2 Å². The number of anilines is 1. The van der Waals surface area contributed by atoms with E-state index in [-0.39, 0.29) is 17.6 Å². The number of aryl methyl sites for hydroxylation is 2. The zero-order valence-corrected chi connectivity index (χ0v) is 12.9. The quantitative estimate of drug-likeness (QED) is 0.931. The smallest absolute Gasteiger partial charge is 0.251 e. The van der Waals surface area contributed by atoms with Crippen LogP contribution >= 0.6 is 0 Å². The van der Waals surface area contributed by atoms with Crippen LogP contribution in [0.15, 0.2) is 30.6 Å².